The van der Waals surface area contributed by atoms with Crippen molar-refractivity contribution in [1.29, 1.82) is 0 Å². The van der Waals surface area contributed by atoms with Crippen LogP contribution in [0, 0.1) is 5.41 Å². The summed E-state index contributed by atoms with van der Waals surface area (Å²) >= 11 is 0. The van der Waals surface area contributed by atoms with Crippen LogP contribution in [0.1, 0.15) is 36.7 Å². The lowest BCUT2D eigenvalue weighted by Gasteiger charge is -2.20. The molecule has 164 valence electrons. The number of amides is 2. The van der Waals surface area contributed by atoms with Crippen LogP contribution in [-0.4, -0.2) is 32.6 Å². The highest BCUT2D eigenvalue weighted by atomic mass is 35.5. The van der Waals surface area contributed by atoms with Gasteiger partial charge in [0.05, 0.1) is 25.5 Å². The molecule has 7 nitrogen and oxygen atoms in total. The van der Waals surface area contributed by atoms with Crippen molar-refractivity contribution in [3.05, 3.63) is 47.5 Å². The maximum absolute atomic E-state index is 12.8. The van der Waals surface area contributed by atoms with Gasteiger partial charge in [0.1, 0.15) is 0 Å². The molecule has 2 amide bonds. The van der Waals surface area contributed by atoms with Crippen LogP contribution in [0.5, 0.6) is 11.5 Å². The van der Waals surface area contributed by atoms with E-state index in [4.69, 9.17) is 15.2 Å². The van der Waals surface area contributed by atoms with E-state index in [-0.39, 0.29) is 24.2 Å². The summed E-state index contributed by atoms with van der Waals surface area (Å²) in [6, 6.07) is 10.7. The Morgan fingerprint density at radius 1 is 1.00 bits per heavy atom. The lowest BCUT2D eigenvalue weighted by Crippen LogP contribution is -2.30. The molecule has 0 bridgehead atoms. The first kappa shape index (κ1) is 25.1. The summed E-state index contributed by atoms with van der Waals surface area (Å²) in [6.07, 6.45) is 0.656. The number of carbonyl (C=O) groups excluding carboxylic acids is 2. The maximum Gasteiger partial charge on any atom is 0.253 e. The first-order chi connectivity index (χ1) is 13.7. The topological polar surface area (TPSA) is 103 Å². The summed E-state index contributed by atoms with van der Waals surface area (Å²) in [5.41, 5.74) is 7.51. The van der Waals surface area contributed by atoms with Crippen molar-refractivity contribution in [1.82, 2.24) is 5.32 Å². The smallest absolute Gasteiger partial charge is 0.253 e. The second-order valence-corrected chi connectivity index (χ2v) is 7.70. The quantitative estimate of drug-likeness (QED) is 0.576. The van der Waals surface area contributed by atoms with Crippen molar-refractivity contribution >= 4 is 35.6 Å². The summed E-state index contributed by atoms with van der Waals surface area (Å²) in [5, 5.41) is 5.71. The highest BCUT2D eigenvalue weighted by molar-refractivity contribution is 6.05. The predicted octanol–water partition coefficient (Wildman–Crippen LogP) is 3.66. The fourth-order valence-corrected chi connectivity index (χ4v) is 2.58. The predicted molar refractivity (Wildman–Crippen MR) is 122 cm³/mol. The van der Waals surface area contributed by atoms with E-state index in [0.29, 0.717) is 41.4 Å². The minimum absolute atomic E-state index is 0. The third-order valence-electron chi connectivity index (χ3n) is 4.38. The number of nitrogen functional groups attached to an aromatic ring is 1. The molecule has 0 saturated heterocycles. The van der Waals surface area contributed by atoms with E-state index in [9.17, 15) is 9.59 Å². The van der Waals surface area contributed by atoms with E-state index in [1.54, 1.807) is 32.9 Å². The highest BCUT2D eigenvalue weighted by Crippen LogP contribution is 2.34. The van der Waals surface area contributed by atoms with Crippen LogP contribution in [0.3, 0.4) is 0 Å². The number of ether oxygens (including phenoxy) is 2. The van der Waals surface area contributed by atoms with Gasteiger partial charge in [0.15, 0.2) is 11.5 Å². The Labute approximate surface area is 183 Å². The van der Waals surface area contributed by atoms with Crippen LogP contribution < -0.4 is 25.8 Å². The minimum Gasteiger partial charge on any atom is -0.493 e. The van der Waals surface area contributed by atoms with Crippen LogP contribution in [0.4, 0.5) is 11.4 Å². The standard InChI is InChI=1S/C22H29N3O4.ClH/c1-22(2,3)21(27)25-17-13-19(29-5)18(28-4)12-16(17)20(26)24-11-10-14-6-8-15(23)9-7-14;/h6-9,12-13H,10-11,23H2,1-5H3,(H,24,26)(H,25,27);1H. The molecule has 0 fully saturated rings. The van der Waals surface area contributed by atoms with Gasteiger partial charge in [-0.05, 0) is 30.2 Å². The first-order valence-corrected chi connectivity index (χ1v) is 9.35. The van der Waals surface area contributed by atoms with Crippen molar-refractivity contribution < 1.29 is 19.1 Å². The van der Waals surface area contributed by atoms with Crippen molar-refractivity contribution in [2.75, 3.05) is 31.8 Å². The number of anilines is 2. The third kappa shape index (κ3) is 6.56. The average molecular weight is 436 g/mol. The van der Waals surface area contributed by atoms with Gasteiger partial charge in [-0.2, -0.15) is 0 Å². The molecular formula is C22H30ClN3O4. The number of benzene rings is 2. The van der Waals surface area contributed by atoms with E-state index in [1.165, 1.54) is 14.2 Å². The molecular weight excluding hydrogens is 406 g/mol. The Balaban J connectivity index is 0.00000450. The van der Waals surface area contributed by atoms with Crippen molar-refractivity contribution in [3.63, 3.8) is 0 Å². The van der Waals surface area contributed by atoms with Crippen molar-refractivity contribution in [2.45, 2.75) is 27.2 Å². The molecule has 0 heterocycles. The van der Waals surface area contributed by atoms with E-state index in [0.717, 1.165) is 5.56 Å². The summed E-state index contributed by atoms with van der Waals surface area (Å²) in [7, 11) is 2.99. The van der Waals surface area contributed by atoms with Crippen LogP contribution in [0.15, 0.2) is 36.4 Å². The molecule has 0 aliphatic rings. The first-order valence-electron chi connectivity index (χ1n) is 9.35. The third-order valence-corrected chi connectivity index (χ3v) is 4.38. The Morgan fingerprint density at radius 3 is 2.10 bits per heavy atom. The molecule has 0 spiro atoms. The van der Waals surface area contributed by atoms with Crippen LogP contribution in [0.2, 0.25) is 0 Å². The van der Waals surface area contributed by atoms with Crippen LogP contribution in [-0.2, 0) is 11.2 Å². The van der Waals surface area contributed by atoms with Crippen LogP contribution in [0.25, 0.3) is 0 Å². The molecule has 8 heteroatoms. The number of methoxy groups -OCH3 is 2. The van der Waals surface area contributed by atoms with Crippen LogP contribution >= 0.6 is 12.4 Å². The molecule has 2 aromatic carbocycles. The zero-order chi connectivity index (χ0) is 21.6. The second kappa shape index (κ2) is 10.7. The molecule has 0 aromatic heterocycles. The summed E-state index contributed by atoms with van der Waals surface area (Å²) in [4.78, 5) is 25.3. The van der Waals surface area contributed by atoms with Gasteiger partial charge in [-0.25, -0.2) is 0 Å². The number of halogens is 1. The molecule has 0 aliphatic heterocycles. The van der Waals surface area contributed by atoms with E-state index in [1.807, 2.05) is 24.3 Å². The zero-order valence-corrected chi connectivity index (χ0v) is 18.8. The minimum atomic E-state index is -0.615. The number of nitrogens with two attached hydrogens (primary N) is 1. The summed E-state index contributed by atoms with van der Waals surface area (Å²) in [5.74, 6) is 0.311. The lowest BCUT2D eigenvalue weighted by molar-refractivity contribution is -0.123. The molecule has 0 saturated carbocycles. The molecule has 0 aliphatic carbocycles. The molecule has 30 heavy (non-hydrogen) atoms. The van der Waals surface area contributed by atoms with Gasteiger partial charge in [-0.3, -0.25) is 9.59 Å². The SMILES string of the molecule is COc1cc(NC(=O)C(C)(C)C)c(C(=O)NCCc2ccc(N)cc2)cc1OC.Cl. The highest BCUT2D eigenvalue weighted by Gasteiger charge is 2.24. The van der Waals surface area contributed by atoms with E-state index in [2.05, 4.69) is 10.6 Å². The summed E-state index contributed by atoms with van der Waals surface area (Å²) in [6.45, 7) is 5.84. The number of carbonyl (C=O) groups is 2. The van der Waals surface area contributed by atoms with Gasteiger partial charge in [-0.15, -0.1) is 12.4 Å². The van der Waals surface area contributed by atoms with Gasteiger partial charge in [0.25, 0.3) is 5.91 Å². The molecule has 0 unspecified atom stereocenters. The normalized spacial score (nSPS) is 10.6. The molecule has 4 N–H and O–H groups in total. The summed E-state index contributed by atoms with van der Waals surface area (Å²) < 4.78 is 10.6. The van der Waals surface area contributed by atoms with Gasteiger partial charge < -0.3 is 25.8 Å². The number of hydrogen-bond acceptors (Lipinski definition) is 5. The number of rotatable bonds is 7. The fourth-order valence-electron chi connectivity index (χ4n) is 2.58. The van der Waals surface area contributed by atoms with Crippen molar-refractivity contribution in [3.8, 4) is 11.5 Å². The Morgan fingerprint density at radius 2 is 1.57 bits per heavy atom. The number of hydrogen-bond donors (Lipinski definition) is 3. The monoisotopic (exact) mass is 435 g/mol. The van der Waals surface area contributed by atoms with E-state index >= 15 is 0 Å². The van der Waals surface area contributed by atoms with E-state index < -0.39 is 5.41 Å². The second-order valence-electron chi connectivity index (χ2n) is 7.70. The Bertz CT molecular complexity index is 877. The molecule has 2 rings (SSSR count). The zero-order valence-electron chi connectivity index (χ0n) is 18.0. The van der Waals surface area contributed by atoms with Gasteiger partial charge in [0.2, 0.25) is 5.91 Å². The molecule has 0 radical (unpaired) electrons. The maximum atomic E-state index is 12.8. The van der Waals surface area contributed by atoms with Gasteiger partial charge in [-0.1, -0.05) is 32.9 Å². The number of nitrogens with one attached hydrogen (secondary N) is 2. The lowest BCUT2D eigenvalue weighted by atomic mass is 9.95. The van der Waals surface area contributed by atoms with Gasteiger partial charge >= 0.3 is 0 Å². The molecule has 2 aromatic rings. The van der Waals surface area contributed by atoms with Crippen molar-refractivity contribution in [2.24, 2.45) is 5.41 Å². The Hall–Kier alpha value is -2.93. The van der Waals surface area contributed by atoms with Gasteiger partial charge in [0, 0.05) is 23.7 Å². The molecule has 0 atom stereocenters. The fraction of sp³-hybridized carbons (Fsp3) is 0.364. The largest absolute Gasteiger partial charge is 0.493 e. The Kier molecular flexibility index (Phi) is 8.98. The average Bonchev–Trinajstić information content (AvgIpc) is 2.68.